The Balaban J connectivity index is 3.22. The summed E-state index contributed by atoms with van der Waals surface area (Å²) in [5.74, 6) is -2.93. The van der Waals surface area contributed by atoms with Gasteiger partial charge in [0, 0.05) is 12.5 Å². The molecule has 23 heavy (non-hydrogen) atoms. The molecule has 0 spiro atoms. The zero-order valence-electron chi connectivity index (χ0n) is 13.8. The Morgan fingerprint density at radius 2 is 1.83 bits per heavy atom. The van der Waals surface area contributed by atoms with Crippen LogP contribution < -0.4 is 0 Å². The molecule has 0 saturated carbocycles. The van der Waals surface area contributed by atoms with Gasteiger partial charge in [-0.05, 0) is 49.1 Å². The Morgan fingerprint density at radius 1 is 1.17 bits per heavy atom. The molecule has 0 radical (unpaired) electrons. The summed E-state index contributed by atoms with van der Waals surface area (Å²) in [6.45, 7) is 4.90. The number of allylic oxidation sites excluding steroid dienone is 6. The van der Waals surface area contributed by atoms with Gasteiger partial charge in [0.25, 0.3) is 5.92 Å². The SMILES string of the molecule is C\C=C(/C=C\C(=C/C)C(C)(F)F)c1cc(C(F)CF)ccc1C. The molecular formula is C19H22F4. The Hall–Kier alpha value is -1.84. The zero-order chi connectivity index (χ0) is 17.6. The molecule has 1 aromatic carbocycles. The number of hydrogen-bond donors (Lipinski definition) is 0. The molecule has 126 valence electrons. The summed E-state index contributed by atoms with van der Waals surface area (Å²) in [5, 5.41) is 0. The molecule has 1 unspecified atom stereocenters. The minimum absolute atomic E-state index is 0.0993. The molecule has 4 heteroatoms. The molecule has 0 nitrogen and oxygen atoms in total. The van der Waals surface area contributed by atoms with E-state index in [0.717, 1.165) is 12.5 Å². The van der Waals surface area contributed by atoms with E-state index in [0.29, 0.717) is 11.1 Å². The Labute approximate surface area is 135 Å². The smallest absolute Gasteiger partial charge is 0.248 e. The lowest BCUT2D eigenvalue weighted by molar-refractivity contribution is 0.0673. The lowest BCUT2D eigenvalue weighted by atomic mass is 9.95. The van der Waals surface area contributed by atoms with Crippen LogP contribution in [0.25, 0.3) is 5.57 Å². The van der Waals surface area contributed by atoms with Crippen LogP contribution in [0.4, 0.5) is 17.6 Å². The molecular weight excluding hydrogens is 304 g/mol. The standard InChI is InChI=1S/C19H22F4/c1-5-14(9-10-16(6-2)19(4,22)23)17-11-15(18(21)12-20)8-7-13(17)3/h5-11,18H,12H2,1-4H3/b10-9-,14-5+,16-6+. The van der Waals surface area contributed by atoms with Crippen LogP contribution in [0.3, 0.4) is 0 Å². The minimum atomic E-state index is -2.93. The predicted molar refractivity (Wildman–Crippen MR) is 88.2 cm³/mol. The van der Waals surface area contributed by atoms with E-state index < -0.39 is 18.8 Å². The Kier molecular flexibility index (Phi) is 6.79. The number of halogens is 4. The second kappa shape index (κ2) is 8.14. The van der Waals surface area contributed by atoms with Crippen LogP contribution >= 0.6 is 0 Å². The van der Waals surface area contributed by atoms with E-state index in [1.807, 2.05) is 6.92 Å². The van der Waals surface area contributed by atoms with E-state index >= 15 is 0 Å². The highest BCUT2D eigenvalue weighted by Gasteiger charge is 2.24. The molecule has 0 heterocycles. The first-order chi connectivity index (χ1) is 10.7. The minimum Gasteiger partial charge on any atom is -0.248 e. The summed E-state index contributed by atoms with van der Waals surface area (Å²) in [7, 11) is 0. The van der Waals surface area contributed by atoms with Gasteiger partial charge in [-0.25, -0.2) is 17.6 Å². The van der Waals surface area contributed by atoms with Crippen LogP contribution in [-0.2, 0) is 0 Å². The molecule has 0 amide bonds. The van der Waals surface area contributed by atoms with Gasteiger partial charge in [0.2, 0.25) is 0 Å². The highest BCUT2D eigenvalue weighted by molar-refractivity contribution is 5.76. The molecule has 0 N–H and O–H groups in total. The van der Waals surface area contributed by atoms with Crippen molar-refractivity contribution in [3.63, 3.8) is 0 Å². The van der Waals surface area contributed by atoms with Crippen molar-refractivity contribution in [3.05, 3.63) is 64.8 Å². The van der Waals surface area contributed by atoms with Crippen LogP contribution in [0.2, 0.25) is 0 Å². The van der Waals surface area contributed by atoms with Gasteiger partial charge in [-0.1, -0.05) is 36.4 Å². The van der Waals surface area contributed by atoms with Crippen LogP contribution in [-0.4, -0.2) is 12.6 Å². The third-order valence-corrected chi connectivity index (χ3v) is 3.64. The molecule has 0 aliphatic rings. The first-order valence-corrected chi connectivity index (χ1v) is 7.44. The topological polar surface area (TPSA) is 0 Å². The van der Waals surface area contributed by atoms with Crippen LogP contribution in [0.5, 0.6) is 0 Å². The van der Waals surface area contributed by atoms with E-state index in [2.05, 4.69) is 0 Å². The highest BCUT2D eigenvalue weighted by atomic mass is 19.3. The largest absolute Gasteiger partial charge is 0.270 e. The monoisotopic (exact) mass is 326 g/mol. The summed E-state index contributed by atoms with van der Waals surface area (Å²) in [4.78, 5) is 0. The maximum Gasteiger partial charge on any atom is 0.270 e. The fourth-order valence-corrected chi connectivity index (χ4v) is 2.25. The van der Waals surface area contributed by atoms with E-state index in [9.17, 15) is 17.6 Å². The van der Waals surface area contributed by atoms with Gasteiger partial charge in [-0.3, -0.25) is 0 Å². The normalized spacial score (nSPS) is 15.3. The maximum absolute atomic E-state index is 13.5. The van der Waals surface area contributed by atoms with Gasteiger partial charge in [0.05, 0.1) is 0 Å². The highest BCUT2D eigenvalue weighted by Crippen LogP contribution is 2.29. The van der Waals surface area contributed by atoms with Crippen molar-refractivity contribution < 1.29 is 17.6 Å². The van der Waals surface area contributed by atoms with Crippen molar-refractivity contribution in [2.45, 2.75) is 39.8 Å². The maximum atomic E-state index is 13.5. The van der Waals surface area contributed by atoms with E-state index in [1.54, 1.807) is 38.1 Å². The third-order valence-electron chi connectivity index (χ3n) is 3.64. The average molecular weight is 326 g/mol. The summed E-state index contributed by atoms with van der Waals surface area (Å²) in [5.41, 5.74) is 2.39. The molecule has 0 fully saturated rings. The second-order valence-electron chi connectivity index (χ2n) is 5.41. The van der Waals surface area contributed by atoms with Crippen molar-refractivity contribution in [3.8, 4) is 0 Å². The summed E-state index contributed by atoms with van der Waals surface area (Å²) >= 11 is 0. The number of aryl methyl sites for hydroxylation is 1. The molecule has 0 saturated heterocycles. The summed E-state index contributed by atoms with van der Waals surface area (Å²) < 4.78 is 52.9. The van der Waals surface area contributed by atoms with Crippen molar-refractivity contribution in [2.75, 3.05) is 6.67 Å². The van der Waals surface area contributed by atoms with Gasteiger partial charge in [0.1, 0.15) is 6.67 Å². The van der Waals surface area contributed by atoms with Crippen LogP contribution in [0, 0.1) is 6.92 Å². The lowest BCUT2D eigenvalue weighted by Crippen LogP contribution is -2.11. The second-order valence-corrected chi connectivity index (χ2v) is 5.41. The zero-order valence-corrected chi connectivity index (χ0v) is 13.8. The van der Waals surface area contributed by atoms with Gasteiger partial charge in [-0.15, -0.1) is 0 Å². The molecule has 0 aromatic heterocycles. The van der Waals surface area contributed by atoms with Crippen molar-refractivity contribution >= 4 is 5.57 Å². The van der Waals surface area contributed by atoms with Crippen LogP contribution in [0.15, 0.2) is 48.1 Å². The van der Waals surface area contributed by atoms with Crippen molar-refractivity contribution in [2.24, 2.45) is 0 Å². The summed E-state index contributed by atoms with van der Waals surface area (Å²) in [6, 6.07) is 4.81. The lowest BCUT2D eigenvalue weighted by Gasteiger charge is -2.13. The molecule has 1 rings (SSSR count). The quantitative estimate of drug-likeness (QED) is 0.411. The first-order valence-electron chi connectivity index (χ1n) is 7.44. The molecule has 1 aromatic rings. The predicted octanol–water partition coefficient (Wildman–Crippen LogP) is 6.54. The molecule has 0 aliphatic carbocycles. The molecule has 0 aliphatic heterocycles. The van der Waals surface area contributed by atoms with Gasteiger partial charge in [-0.2, -0.15) is 0 Å². The Morgan fingerprint density at radius 3 is 2.30 bits per heavy atom. The van der Waals surface area contributed by atoms with E-state index in [4.69, 9.17) is 0 Å². The van der Waals surface area contributed by atoms with Crippen LogP contribution in [0.1, 0.15) is 43.6 Å². The number of rotatable bonds is 6. The van der Waals surface area contributed by atoms with Gasteiger partial charge >= 0.3 is 0 Å². The third kappa shape index (κ3) is 5.08. The molecule has 1 atom stereocenters. The Bertz CT molecular complexity index is 619. The van der Waals surface area contributed by atoms with Gasteiger partial charge in [0.15, 0.2) is 6.17 Å². The fourth-order valence-electron chi connectivity index (χ4n) is 2.25. The van der Waals surface area contributed by atoms with Gasteiger partial charge < -0.3 is 0 Å². The first kappa shape index (κ1) is 19.2. The number of alkyl halides is 4. The fraction of sp³-hybridized carbons (Fsp3) is 0.368. The van der Waals surface area contributed by atoms with E-state index in [1.165, 1.54) is 18.2 Å². The number of hydrogen-bond acceptors (Lipinski definition) is 0. The van der Waals surface area contributed by atoms with E-state index in [-0.39, 0.29) is 11.1 Å². The molecule has 0 bridgehead atoms. The van der Waals surface area contributed by atoms with Crippen molar-refractivity contribution in [1.82, 2.24) is 0 Å². The van der Waals surface area contributed by atoms with Crippen molar-refractivity contribution in [1.29, 1.82) is 0 Å². The summed E-state index contributed by atoms with van der Waals surface area (Å²) in [6.07, 6.45) is 4.35. The number of benzene rings is 1. The average Bonchev–Trinajstić information content (AvgIpc) is 2.50.